The second-order valence-electron chi connectivity index (χ2n) is 4.64. The number of halogens is 4. The molecule has 0 amide bonds. The number of carboxylic acids is 2. The molecule has 2 rings (SSSR count). The normalized spacial score (nSPS) is 9.86. The molecule has 2 aromatic rings. The standard InChI is InChI=1S/2C7H3BrFNO4/c8-6-4(10(13)14)2-1-3(9)5(6)7(11)12;8-3-1-2-4(10(13)14)6(9)5(3)7(11)12/h2*1-2H,(H,11,12). The Hall–Kier alpha value is -3.00. The van der Waals surface area contributed by atoms with E-state index in [9.17, 15) is 38.6 Å². The lowest BCUT2D eigenvalue weighted by atomic mass is 10.2. The molecule has 2 N–H and O–H groups in total. The predicted octanol–water partition coefficient (Wildman–Crippen LogP) is 4.39. The maximum Gasteiger partial charge on any atom is 0.340 e. The van der Waals surface area contributed by atoms with Crippen LogP contribution in [0.2, 0.25) is 0 Å². The predicted molar refractivity (Wildman–Crippen MR) is 95.4 cm³/mol. The first-order valence-corrected chi connectivity index (χ1v) is 8.20. The summed E-state index contributed by atoms with van der Waals surface area (Å²) in [5.74, 6) is -5.48. The lowest BCUT2D eigenvalue weighted by Crippen LogP contribution is -2.04. The van der Waals surface area contributed by atoms with Gasteiger partial charge in [-0.3, -0.25) is 20.2 Å². The van der Waals surface area contributed by atoms with E-state index in [0.29, 0.717) is 0 Å². The van der Waals surface area contributed by atoms with Crippen LogP contribution in [0.5, 0.6) is 0 Å². The van der Waals surface area contributed by atoms with Crippen molar-refractivity contribution in [3.05, 3.63) is 76.2 Å². The summed E-state index contributed by atoms with van der Waals surface area (Å²) in [6.07, 6.45) is 0. The van der Waals surface area contributed by atoms with Crippen molar-refractivity contribution < 1.29 is 38.4 Å². The van der Waals surface area contributed by atoms with Crippen LogP contribution >= 0.6 is 31.9 Å². The van der Waals surface area contributed by atoms with Gasteiger partial charge in [0.15, 0.2) is 0 Å². The molecule has 10 nitrogen and oxygen atoms in total. The Morgan fingerprint density at radius 3 is 1.75 bits per heavy atom. The molecular weight excluding hydrogens is 522 g/mol. The number of nitro benzene ring substituents is 2. The summed E-state index contributed by atoms with van der Waals surface area (Å²) < 4.78 is 25.7. The number of hydrogen-bond donors (Lipinski definition) is 2. The van der Waals surface area contributed by atoms with Crippen LogP contribution in [-0.2, 0) is 0 Å². The Kier molecular flexibility index (Phi) is 7.63. The Morgan fingerprint density at radius 1 is 0.857 bits per heavy atom. The second kappa shape index (κ2) is 9.27. The monoisotopic (exact) mass is 526 g/mol. The quantitative estimate of drug-likeness (QED) is 0.437. The van der Waals surface area contributed by atoms with Gasteiger partial charge < -0.3 is 10.2 Å². The number of nitro groups is 2. The van der Waals surface area contributed by atoms with E-state index in [-0.39, 0.29) is 8.95 Å². The van der Waals surface area contributed by atoms with Crippen LogP contribution in [0.15, 0.2) is 33.2 Å². The van der Waals surface area contributed by atoms with E-state index in [0.717, 1.165) is 24.3 Å². The third kappa shape index (κ3) is 5.04. The summed E-state index contributed by atoms with van der Waals surface area (Å²) in [4.78, 5) is 39.9. The van der Waals surface area contributed by atoms with E-state index < -0.39 is 55.9 Å². The third-order valence-corrected chi connectivity index (χ3v) is 4.43. The Bertz CT molecular complexity index is 920. The highest BCUT2D eigenvalue weighted by atomic mass is 79.9. The first-order valence-electron chi connectivity index (χ1n) is 6.61. The van der Waals surface area contributed by atoms with E-state index in [4.69, 9.17) is 10.2 Å². The van der Waals surface area contributed by atoms with E-state index in [1.54, 1.807) is 0 Å². The zero-order chi connectivity index (χ0) is 21.8. The fourth-order valence-electron chi connectivity index (χ4n) is 1.76. The smallest absolute Gasteiger partial charge is 0.340 e. The molecule has 0 bridgehead atoms. The maximum absolute atomic E-state index is 13.2. The molecule has 0 radical (unpaired) electrons. The van der Waals surface area contributed by atoms with Crippen LogP contribution < -0.4 is 0 Å². The van der Waals surface area contributed by atoms with E-state index in [2.05, 4.69) is 31.9 Å². The molecule has 0 saturated carbocycles. The number of aromatic carboxylic acids is 2. The highest BCUT2D eigenvalue weighted by molar-refractivity contribution is 9.11. The average molecular weight is 528 g/mol. The summed E-state index contributed by atoms with van der Waals surface area (Å²) in [5, 5.41) is 37.8. The molecule has 0 aromatic heterocycles. The number of nitrogens with zero attached hydrogens (tertiary/aromatic N) is 2. The molecule has 0 saturated heterocycles. The molecule has 0 atom stereocenters. The zero-order valence-corrected chi connectivity index (χ0v) is 16.2. The average Bonchev–Trinajstić information content (AvgIpc) is 2.54. The minimum Gasteiger partial charge on any atom is -0.478 e. The molecule has 14 heteroatoms. The van der Waals surface area contributed by atoms with E-state index in [1.807, 2.05) is 0 Å². The van der Waals surface area contributed by atoms with Gasteiger partial charge in [0.05, 0.1) is 9.85 Å². The highest BCUT2D eigenvalue weighted by Gasteiger charge is 2.24. The van der Waals surface area contributed by atoms with Crippen molar-refractivity contribution in [2.24, 2.45) is 0 Å². The fraction of sp³-hybridized carbons (Fsp3) is 0. The van der Waals surface area contributed by atoms with Crippen LogP contribution in [0.3, 0.4) is 0 Å². The first kappa shape index (κ1) is 23.0. The molecule has 148 valence electrons. The van der Waals surface area contributed by atoms with Gasteiger partial charge in [-0.1, -0.05) is 0 Å². The molecule has 2 aromatic carbocycles. The summed E-state index contributed by atoms with van der Waals surface area (Å²) in [6.45, 7) is 0. The summed E-state index contributed by atoms with van der Waals surface area (Å²) >= 11 is 5.46. The van der Waals surface area contributed by atoms with Crippen molar-refractivity contribution in [2.75, 3.05) is 0 Å². The van der Waals surface area contributed by atoms with Gasteiger partial charge in [-0.15, -0.1) is 0 Å². The first-order chi connectivity index (χ1) is 12.9. The largest absolute Gasteiger partial charge is 0.478 e. The Labute approximate surface area is 170 Å². The van der Waals surface area contributed by atoms with Gasteiger partial charge >= 0.3 is 17.6 Å². The van der Waals surface area contributed by atoms with Crippen molar-refractivity contribution in [1.82, 2.24) is 0 Å². The van der Waals surface area contributed by atoms with Gasteiger partial charge in [-0.05, 0) is 44.0 Å². The molecule has 28 heavy (non-hydrogen) atoms. The van der Waals surface area contributed by atoms with Crippen molar-refractivity contribution >= 4 is 55.2 Å². The van der Waals surface area contributed by atoms with Gasteiger partial charge in [-0.2, -0.15) is 4.39 Å². The highest BCUT2D eigenvalue weighted by Crippen LogP contribution is 2.30. The van der Waals surface area contributed by atoms with Crippen LogP contribution in [0.1, 0.15) is 20.7 Å². The van der Waals surface area contributed by atoms with Gasteiger partial charge in [0.2, 0.25) is 5.82 Å². The number of hydrogen-bond acceptors (Lipinski definition) is 6. The molecular formula is C14H6Br2F2N2O8. The molecule has 0 aliphatic rings. The maximum atomic E-state index is 13.2. The number of carboxylic acid groups (broad SMARTS) is 2. The van der Waals surface area contributed by atoms with Crippen LogP contribution in [0.4, 0.5) is 20.2 Å². The van der Waals surface area contributed by atoms with Crippen LogP contribution in [-0.4, -0.2) is 32.0 Å². The van der Waals surface area contributed by atoms with Gasteiger partial charge in [0.25, 0.3) is 5.69 Å². The Balaban J connectivity index is 0.000000280. The lowest BCUT2D eigenvalue weighted by Gasteiger charge is -2.00. The van der Waals surface area contributed by atoms with Crippen molar-refractivity contribution in [1.29, 1.82) is 0 Å². The third-order valence-electron chi connectivity index (χ3n) is 2.96. The fourth-order valence-corrected chi connectivity index (χ4v) is 2.87. The summed E-state index contributed by atoms with van der Waals surface area (Å²) in [7, 11) is 0. The second-order valence-corrected chi connectivity index (χ2v) is 6.28. The molecule has 0 spiro atoms. The number of rotatable bonds is 4. The topological polar surface area (TPSA) is 161 Å². The van der Waals surface area contributed by atoms with Crippen molar-refractivity contribution in [2.45, 2.75) is 0 Å². The minimum absolute atomic E-state index is 0.0342. The van der Waals surface area contributed by atoms with E-state index in [1.165, 1.54) is 0 Å². The van der Waals surface area contributed by atoms with E-state index >= 15 is 0 Å². The molecule has 0 unspecified atom stereocenters. The lowest BCUT2D eigenvalue weighted by molar-refractivity contribution is -0.387. The number of carbonyl (C=O) groups is 2. The van der Waals surface area contributed by atoms with Gasteiger partial charge in [0.1, 0.15) is 21.4 Å². The Morgan fingerprint density at radius 2 is 1.32 bits per heavy atom. The molecule has 0 aliphatic carbocycles. The zero-order valence-electron chi connectivity index (χ0n) is 13.1. The van der Waals surface area contributed by atoms with Gasteiger partial charge in [0, 0.05) is 16.6 Å². The molecule has 0 fully saturated rings. The minimum atomic E-state index is -1.56. The SMILES string of the molecule is O=C(O)c1c(Br)ccc([N+](=O)[O-])c1F.O=C(O)c1c(F)ccc([N+](=O)[O-])c1Br. The van der Waals surface area contributed by atoms with Crippen molar-refractivity contribution in [3.63, 3.8) is 0 Å². The van der Waals surface area contributed by atoms with Crippen molar-refractivity contribution in [3.8, 4) is 0 Å². The number of benzene rings is 2. The van der Waals surface area contributed by atoms with Gasteiger partial charge in [-0.25, -0.2) is 14.0 Å². The van der Waals surface area contributed by atoms with Crippen LogP contribution in [0, 0.1) is 31.9 Å². The molecule has 0 aliphatic heterocycles. The summed E-state index contributed by atoms with van der Waals surface area (Å²) in [5.41, 5.74) is -2.81. The van der Waals surface area contributed by atoms with Crippen LogP contribution in [0.25, 0.3) is 0 Å². The summed E-state index contributed by atoms with van der Waals surface area (Å²) in [6, 6.07) is 3.65. The molecule has 0 heterocycles.